The molecule has 2 aliphatic carbocycles. The first-order chi connectivity index (χ1) is 17.5. The van der Waals surface area contributed by atoms with Crippen LogP contribution in [-0.4, -0.2) is 13.2 Å². The van der Waals surface area contributed by atoms with Crippen molar-refractivity contribution in [2.24, 2.45) is 11.8 Å². The van der Waals surface area contributed by atoms with Crippen molar-refractivity contribution in [3.63, 3.8) is 0 Å². The smallest absolute Gasteiger partial charge is 0.168 e. The minimum absolute atomic E-state index is 0.0251. The lowest BCUT2D eigenvalue weighted by molar-refractivity contribution is 0.193. The lowest BCUT2D eigenvalue weighted by Crippen LogP contribution is -2.20. The van der Waals surface area contributed by atoms with Gasteiger partial charge in [0.2, 0.25) is 0 Å². The van der Waals surface area contributed by atoms with Gasteiger partial charge in [-0.05, 0) is 91.9 Å². The average Bonchev–Trinajstić information content (AvgIpc) is 2.89. The zero-order valence-electron chi connectivity index (χ0n) is 21.8. The maximum absolute atomic E-state index is 15.1. The Kier molecular flexibility index (Phi) is 9.61. The predicted octanol–water partition coefficient (Wildman–Crippen LogP) is 9.32. The van der Waals surface area contributed by atoms with E-state index in [1.807, 2.05) is 12.1 Å². The van der Waals surface area contributed by atoms with Crippen LogP contribution in [-0.2, 0) is 0 Å². The van der Waals surface area contributed by atoms with Crippen molar-refractivity contribution in [3.8, 4) is 11.5 Å². The van der Waals surface area contributed by atoms with E-state index in [9.17, 15) is 4.39 Å². The molecular formula is C31H41F3O2. The van der Waals surface area contributed by atoms with Crippen LogP contribution in [0.4, 0.5) is 13.2 Å². The Morgan fingerprint density at radius 2 is 1.36 bits per heavy atom. The second kappa shape index (κ2) is 12.9. The third-order valence-electron chi connectivity index (χ3n) is 8.28. The molecule has 0 saturated heterocycles. The molecular weight excluding hydrogens is 461 g/mol. The number of hydrogen-bond donors (Lipinski definition) is 0. The molecule has 0 aromatic heterocycles. The van der Waals surface area contributed by atoms with Crippen LogP contribution in [0.25, 0.3) is 0 Å². The van der Waals surface area contributed by atoms with Gasteiger partial charge in [0.25, 0.3) is 0 Å². The van der Waals surface area contributed by atoms with Gasteiger partial charge in [0.15, 0.2) is 23.2 Å². The molecule has 0 radical (unpaired) electrons. The maximum Gasteiger partial charge on any atom is 0.168 e. The first-order valence-corrected chi connectivity index (χ1v) is 14.0. The molecule has 0 bridgehead atoms. The van der Waals surface area contributed by atoms with E-state index in [0.29, 0.717) is 36.0 Å². The fraction of sp³-hybridized carbons (Fsp3) is 0.613. The van der Waals surface area contributed by atoms with Gasteiger partial charge in [0.05, 0.1) is 13.2 Å². The molecule has 4 rings (SSSR count). The number of benzene rings is 2. The van der Waals surface area contributed by atoms with E-state index in [1.165, 1.54) is 6.07 Å². The van der Waals surface area contributed by atoms with Gasteiger partial charge in [-0.15, -0.1) is 0 Å². The summed E-state index contributed by atoms with van der Waals surface area (Å²) < 4.78 is 55.9. The number of unbranched alkanes of at least 4 members (excludes halogenated alkanes) is 2. The number of halogens is 3. The van der Waals surface area contributed by atoms with Crippen LogP contribution < -0.4 is 9.47 Å². The molecule has 5 heteroatoms. The molecule has 2 saturated carbocycles. The minimum Gasteiger partial charge on any atom is -0.493 e. The van der Waals surface area contributed by atoms with Crippen LogP contribution in [0.5, 0.6) is 11.5 Å². The summed E-state index contributed by atoms with van der Waals surface area (Å²) in [6.07, 6.45) is 10.5. The van der Waals surface area contributed by atoms with Gasteiger partial charge >= 0.3 is 0 Å². The van der Waals surface area contributed by atoms with Gasteiger partial charge < -0.3 is 9.47 Å². The molecule has 2 aromatic carbocycles. The molecule has 0 spiro atoms. The van der Waals surface area contributed by atoms with Crippen molar-refractivity contribution in [1.29, 1.82) is 0 Å². The van der Waals surface area contributed by atoms with Crippen molar-refractivity contribution in [1.82, 2.24) is 0 Å². The first kappa shape index (κ1) is 26.9. The largest absolute Gasteiger partial charge is 0.493 e. The fourth-order valence-electron chi connectivity index (χ4n) is 5.86. The lowest BCUT2D eigenvalue weighted by Gasteiger charge is -2.30. The molecule has 0 N–H and O–H groups in total. The summed E-state index contributed by atoms with van der Waals surface area (Å²) in [4.78, 5) is 0. The van der Waals surface area contributed by atoms with Crippen molar-refractivity contribution in [2.45, 2.75) is 96.3 Å². The summed E-state index contributed by atoms with van der Waals surface area (Å²) in [6.45, 7) is 5.38. The molecule has 0 amide bonds. The third kappa shape index (κ3) is 6.77. The zero-order chi connectivity index (χ0) is 25.5. The summed E-state index contributed by atoms with van der Waals surface area (Å²) in [5.41, 5.74) is 1.07. The molecule has 0 aliphatic heterocycles. The molecule has 198 valence electrons. The average molecular weight is 503 g/mol. The van der Waals surface area contributed by atoms with E-state index in [2.05, 4.69) is 13.8 Å². The Balaban J connectivity index is 1.26. The van der Waals surface area contributed by atoms with E-state index >= 15 is 8.78 Å². The maximum atomic E-state index is 15.1. The second-order valence-electron chi connectivity index (χ2n) is 11.0. The molecule has 2 aliphatic rings. The first-order valence-electron chi connectivity index (χ1n) is 14.0. The van der Waals surface area contributed by atoms with Crippen LogP contribution >= 0.6 is 0 Å². The van der Waals surface area contributed by atoms with Gasteiger partial charge in [0.1, 0.15) is 5.75 Å². The van der Waals surface area contributed by atoms with Crippen LogP contribution in [0.2, 0.25) is 0 Å². The van der Waals surface area contributed by atoms with Crippen LogP contribution in [0.15, 0.2) is 30.3 Å². The highest BCUT2D eigenvalue weighted by Crippen LogP contribution is 2.41. The Morgan fingerprint density at radius 1 is 0.750 bits per heavy atom. The molecule has 0 atom stereocenters. The van der Waals surface area contributed by atoms with E-state index in [1.54, 1.807) is 12.1 Å². The number of rotatable bonds is 10. The summed E-state index contributed by atoms with van der Waals surface area (Å²) in [6, 6.07) is 8.42. The summed E-state index contributed by atoms with van der Waals surface area (Å²) in [7, 11) is 0. The monoisotopic (exact) mass is 502 g/mol. The van der Waals surface area contributed by atoms with Gasteiger partial charge in [-0.1, -0.05) is 51.7 Å². The van der Waals surface area contributed by atoms with Gasteiger partial charge in [-0.3, -0.25) is 0 Å². The van der Waals surface area contributed by atoms with Crippen LogP contribution in [0.3, 0.4) is 0 Å². The Hall–Kier alpha value is -2.17. The summed E-state index contributed by atoms with van der Waals surface area (Å²) in [5.74, 6) is 0.183. The molecule has 2 aromatic rings. The Morgan fingerprint density at radius 3 is 1.94 bits per heavy atom. The highest BCUT2D eigenvalue weighted by Gasteiger charge is 2.29. The highest BCUT2D eigenvalue weighted by atomic mass is 19.2. The van der Waals surface area contributed by atoms with E-state index in [4.69, 9.17) is 9.47 Å². The highest BCUT2D eigenvalue weighted by molar-refractivity contribution is 5.33. The van der Waals surface area contributed by atoms with E-state index in [-0.39, 0.29) is 23.5 Å². The number of ether oxygens (including phenoxy) is 2. The van der Waals surface area contributed by atoms with E-state index in [0.717, 1.165) is 70.6 Å². The molecule has 2 nitrogen and oxygen atoms in total. The zero-order valence-corrected chi connectivity index (χ0v) is 21.8. The predicted molar refractivity (Wildman–Crippen MR) is 138 cm³/mol. The Labute approximate surface area is 214 Å². The van der Waals surface area contributed by atoms with Crippen molar-refractivity contribution in [2.75, 3.05) is 13.2 Å². The van der Waals surface area contributed by atoms with Crippen molar-refractivity contribution < 1.29 is 22.6 Å². The molecule has 0 heterocycles. The number of hydrogen-bond acceptors (Lipinski definition) is 2. The SMILES string of the molecule is CCCCCOc1ccc(OCC2CCC(c3ccc(C4CCC(C)CC4)c(F)c3F)CC2)c(F)c1. The molecule has 36 heavy (non-hydrogen) atoms. The molecule has 0 unspecified atom stereocenters. The quantitative estimate of drug-likeness (QED) is 0.301. The third-order valence-corrected chi connectivity index (χ3v) is 8.28. The van der Waals surface area contributed by atoms with Crippen LogP contribution in [0, 0.1) is 29.3 Å². The second-order valence-corrected chi connectivity index (χ2v) is 11.0. The van der Waals surface area contributed by atoms with Gasteiger partial charge in [-0.2, -0.15) is 0 Å². The van der Waals surface area contributed by atoms with Crippen LogP contribution in [0.1, 0.15) is 107 Å². The minimum atomic E-state index is -0.648. The topological polar surface area (TPSA) is 18.5 Å². The molecule has 2 fully saturated rings. The summed E-state index contributed by atoms with van der Waals surface area (Å²) >= 11 is 0. The van der Waals surface area contributed by atoms with Crippen molar-refractivity contribution >= 4 is 0 Å². The van der Waals surface area contributed by atoms with Crippen molar-refractivity contribution in [3.05, 3.63) is 58.9 Å². The standard InChI is InChI=1S/C31H41F3O2/c1-3-4-5-18-35-25-14-17-29(28(32)19-25)36-20-22-8-12-24(13-9-22)27-16-15-26(30(33)31(27)34)23-10-6-21(2)7-11-23/h14-17,19,21-24H,3-13,18,20H2,1-2H3. The normalized spacial score (nSPS) is 24.5. The van der Waals surface area contributed by atoms with E-state index < -0.39 is 17.5 Å². The Bertz CT molecular complexity index is 976. The van der Waals surface area contributed by atoms with Gasteiger partial charge in [-0.25, -0.2) is 13.2 Å². The lowest BCUT2D eigenvalue weighted by atomic mass is 9.76. The summed E-state index contributed by atoms with van der Waals surface area (Å²) in [5, 5.41) is 0. The van der Waals surface area contributed by atoms with Gasteiger partial charge in [0, 0.05) is 6.07 Å². The fourth-order valence-corrected chi connectivity index (χ4v) is 5.86.